The number of aldehydes is 1. The van der Waals surface area contributed by atoms with Crippen molar-refractivity contribution in [3.63, 3.8) is 0 Å². The fourth-order valence-electron chi connectivity index (χ4n) is 7.19. The number of allylic oxidation sites excluding steroid dienone is 1. The van der Waals surface area contributed by atoms with Gasteiger partial charge in [0.2, 0.25) is 5.78 Å². The summed E-state index contributed by atoms with van der Waals surface area (Å²) in [4.78, 5) is 35.3. The van der Waals surface area contributed by atoms with E-state index in [-0.39, 0.29) is 35.2 Å². The first kappa shape index (κ1) is 18.1. The average molecular weight is 360 g/mol. The molecule has 2 N–H and O–H groups in total. The molecule has 3 fully saturated rings. The van der Waals surface area contributed by atoms with E-state index in [9.17, 15) is 24.6 Å². The molecule has 4 aliphatic carbocycles. The van der Waals surface area contributed by atoms with E-state index in [1.54, 1.807) is 6.08 Å². The predicted octanol–water partition coefficient (Wildman–Crippen LogP) is 1.99. The van der Waals surface area contributed by atoms with Gasteiger partial charge in [0.05, 0.1) is 6.10 Å². The lowest BCUT2D eigenvalue weighted by Gasteiger charge is -2.60. The van der Waals surface area contributed by atoms with Crippen LogP contribution in [0.4, 0.5) is 0 Å². The fourth-order valence-corrected chi connectivity index (χ4v) is 7.19. The molecule has 5 nitrogen and oxygen atoms in total. The normalized spacial score (nSPS) is 50.3. The molecule has 0 bridgehead atoms. The molecule has 0 aromatic heterocycles. The number of Topliss-reactive ketones (excluding diaryl/α,β-unsaturated/α-hetero) is 1. The first-order valence-corrected chi connectivity index (χ1v) is 9.81. The predicted molar refractivity (Wildman–Crippen MR) is 94.1 cm³/mol. The van der Waals surface area contributed by atoms with Crippen LogP contribution in [0.1, 0.15) is 58.8 Å². The van der Waals surface area contributed by atoms with E-state index in [0.29, 0.717) is 25.7 Å². The quantitative estimate of drug-likeness (QED) is 0.580. The Balaban J connectivity index is 1.75. The first-order valence-electron chi connectivity index (χ1n) is 9.81. The maximum atomic E-state index is 12.2. The van der Waals surface area contributed by atoms with Crippen LogP contribution < -0.4 is 0 Å². The molecule has 0 spiro atoms. The minimum absolute atomic E-state index is 0.0439. The topological polar surface area (TPSA) is 91.7 Å². The van der Waals surface area contributed by atoms with Crippen LogP contribution in [-0.2, 0) is 14.4 Å². The van der Waals surface area contributed by atoms with Gasteiger partial charge in [-0.15, -0.1) is 0 Å². The summed E-state index contributed by atoms with van der Waals surface area (Å²) >= 11 is 0. The Morgan fingerprint density at radius 1 is 1.23 bits per heavy atom. The lowest BCUT2D eigenvalue weighted by molar-refractivity contribution is -0.180. The van der Waals surface area contributed by atoms with Crippen molar-refractivity contribution in [2.75, 3.05) is 0 Å². The number of fused-ring (bicyclic) bond motifs is 5. The van der Waals surface area contributed by atoms with Gasteiger partial charge in [-0.1, -0.05) is 19.4 Å². The van der Waals surface area contributed by atoms with Crippen molar-refractivity contribution in [2.45, 2.75) is 70.5 Å². The molecule has 4 rings (SSSR count). The Kier molecular flexibility index (Phi) is 3.88. The van der Waals surface area contributed by atoms with E-state index in [4.69, 9.17) is 0 Å². The van der Waals surface area contributed by atoms with Gasteiger partial charge >= 0.3 is 0 Å². The lowest BCUT2D eigenvalue weighted by atomic mass is 9.45. The van der Waals surface area contributed by atoms with Gasteiger partial charge in [0.25, 0.3) is 0 Å². The molecule has 0 aromatic carbocycles. The van der Waals surface area contributed by atoms with Crippen molar-refractivity contribution >= 4 is 17.9 Å². The maximum absolute atomic E-state index is 12.2. The number of rotatable bonds is 2. The molecule has 0 aliphatic heterocycles. The summed E-state index contributed by atoms with van der Waals surface area (Å²) in [7, 11) is 0. The molecule has 0 aromatic rings. The van der Waals surface area contributed by atoms with Crippen LogP contribution in [0.3, 0.4) is 0 Å². The Hall–Kier alpha value is -1.33. The number of ketones is 2. The van der Waals surface area contributed by atoms with Crippen LogP contribution >= 0.6 is 0 Å². The number of carbonyl (C=O) groups is 3. The molecular weight excluding hydrogens is 332 g/mol. The van der Waals surface area contributed by atoms with Crippen molar-refractivity contribution in [3.05, 3.63) is 11.6 Å². The highest BCUT2D eigenvalue weighted by Crippen LogP contribution is 2.67. The summed E-state index contributed by atoms with van der Waals surface area (Å²) in [5, 5.41) is 22.3. The summed E-state index contributed by atoms with van der Waals surface area (Å²) in [6.07, 6.45) is 5.68. The van der Waals surface area contributed by atoms with Crippen LogP contribution in [0.5, 0.6) is 0 Å². The van der Waals surface area contributed by atoms with Gasteiger partial charge < -0.3 is 10.2 Å². The number of aliphatic hydroxyl groups excluding tert-OH is 1. The summed E-state index contributed by atoms with van der Waals surface area (Å²) in [6, 6.07) is 0. The van der Waals surface area contributed by atoms with Crippen molar-refractivity contribution in [3.8, 4) is 0 Å². The number of carbonyl (C=O) groups excluding carboxylic acids is 3. The smallest absolute Gasteiger partial charge is 0.227 e. The molecule has 4 aliphatic rings. The highest BCUT2D eigenvalue weighted by Gasteiger charge is 2.68. The molecule has 142 valence electrons. The Morgan fingerprint density at radius 3 is 2.65 bits per heavy atom. The second-order valence-corrected chi connectivity index (χ2v) is 9.46. The Labute approximate surface area is 153 Å². The zero-order chi connectivity index (χ0) is 18.9. The SMILES string of the molecule is C[C@]12CCC(=O)C=C1CC[C@@H]1C2[C@@H](O)C[C@@]2(C)[C@H]1CC[C@]2(O)C(=O)C=O. The molecule has 3 saturated carbocycles. The number of hydrogen-bond donors (Lipinski definition) is 2. The Morgan fingerprint density at radius 2 is 1.96 bits per heavy atom. The van der Waals surface area contributed by atoms with E-state index in [2.05, 4.69) is 6.92 Å². The zero-order valence-electron chi connectivity index (χ0n) is 15.5. The van der Waals surface area contributed by atoms with Crippen molar-refractivity contribution < 1.29 is 24.6 Å². The standard InChI is InChI=1S/C21H28O5/c1-19-7-5-13(23)9-12(19)3-4-14-15-6-8-21(26,17(25)11-22)20(15,2)10-16(24)18(14)19/h9,11,14-16,18,24,26H,3-8,10H2,1-2H3/t14-,15-,16-,18?,19-,20-,21-/m0/s1. The zero-order valence-corrected chi connectivity index (χ0v) is 15.5. The molecule has 0 radical (unpaired) electrons. The van der Waals surface area contributed by atoms with E-state index in [1.165, 1.54) is 0 Å². The van der Waals surface area contributed by atoms with Crippen LogP contribution in [0.15, 0.2) is 11.6 Å². The molecular formula is C21H28O5. The highest BCUT2D eigenvalue weighted by atomic mass is 16.3. The monoisotopic (exact) mass is 360 g/mol. The largest absolute Gasteiger partial charge is 0.393 e. The van der Waals surface area contributed by atoms with Gasteiger partial charge in [-0.25, -0.2) is 0 Å². The third-order valence-electron chi connectivity index (χ3n) is 8.56. The second-order valence-electron chi connectivity index (χ2n) is 9.46. The van der Waals surface area contributed by atoms with Gasteiger partial charge in [-0.2, -0.15) is 0 Å². The fraction of sp³-hybridized carbons (Fsp3) is 0.762. The third kappa shape index (κ3) is 2.07. The van der Waals surface area contributed by atoms with E-state index >= 15 is 0 Å². The van der Waals surface area contributed by atoms with Crippen LogP contribution in [0, 0.1) is 28.6 Å². The van der Waals surface area contributed by atoms with Crippen molar-refractivity contribution in [1.29, 1.82) is 0 Å². The van der Waals surface area contributed by atoms with Crippen LogP contribution in [0.25, 0.3) is 0 Å². The molecule has 0 saturated heterocycles. The van der Waals surface area contributed by atoms with E-state index < -0.39 is 22.9 Å². The van der Waals surface area contributed by atoms with E-state index in [0.717, 1.165) is 24.8 Å². The van der Waals surface area contributed by atoms with Gasteiger partial charge in [0.15, 0.2) is 12.1 Å². The lowest BCUT2D eigenvalue weighted by Crippen LogP contribution is -2.61. The molecule has 0 amide bonds. The van der Waals surface area contributed by atoms with Gasteiger partial charge in [-0.3, -0.25) is 14.4 Å². The van der Waals surface area contributed by atoms with Crippen LogP contribution in [-0.4, -0.2) is 39.8 Å². The summed E-state index contributed by atoms with van der Waals surface area (Å²) < 4.78 is 0. The number of hydrogen-bond acceptors (Lipinski definition) is 5. The van der Waals surface area contributed by atoms with Crippen molar-refractivity contribution in [1.82, 2.24) is 0 Å². The first-order chi connectivity index (χ1) is 12.2. The van der Waals surface area contributed by atoms with Gasteiger partial charge in [0.1, 0.15) is 5.60 Å². The molecule has 7 atom stereocenters. The third-order valence-corrected chi connectivity index (χ3v) is 8.56. The van der Waals surface area contributed by atoms with Gasteiger partial charge in [0, 0.05) is 11.8 Å². The summed E-state index contributed by atoms with van der Waals surface area (Å²) in [6.45, 7) is 4.05. The van der Waals surface area contributed by atoms with E-state index in [1.807, 2.05) is 6.92 Å². The van der Waals surface area contributed by atoms with Gasteiger partial charge in [-0.05, 0) is 67.8 Å². The molecule has 0 heterocycles. The maximum Gasteiger partial charge on any atom is 0.227 e. The molecule has 5 heteroatoms. The van der Waals surface area contributed by atoms with Crippen molar-refractivity contribution in [2.24, 2.45) is 28.6 Å². The summed E-state index contributed by atoms with van der Waals surface area (Å²) in [5.41, 5.74) is -1.46. The molecule has 26 heavy (non-hydrogen) atoms. The highest BCUT2D eigenvalue weighted by molar-refractivity contribution is 6.29. The minimum Gasteiger partial charge on any atom is -0.393 e. The van der Waals surface area contributed by atoms with Crippen LogP contribution in [0.2, 0.25) is 0 Å². The minimum atomic E-state index is -1.66. The average Bonchev–Trinajstić information content (AvgIpc) is 2.86. The number of aliphatic hydroxyl groups is 2. The second kappa shape index (κ2) is 5.59. The Bertz CT molecular complexity index is 711. The summed E-state index contributed by atoms with van der Waals surface area (Å²) in [5.74, 6) is -0.215. The molecule has 1 unspecified atom stereocenters.